The molecule has 0 saturated carbocycles. The lowest BCUT2D eigenvalue weighted by molar-refractivity contribution is 0.305. The maximum absolute atomic E-state index is 11.7. The van der Waals surface area contributed by atoms with Gasteiger partial charge >= 0.3 is 0 Å². The molecular formula is C8H20ClN3O2S. The smallest absolute Gasteiger partial charge is 0.279 e. The van der Waals surface area contributed by atoms with E-state index in [1.807, 2.05) is 20.8 Å². The van der Waals surface area contributed by atoms with E-state index in [9.17, 15) is 8.42 Å². The van der Waals surface area contributed by atoms with E-state index < -0.39 is 10.2 Å². The molecule has 0 aliphatic carbocycles. The highest BCUT2D eigenvalue weighted by Gasteiger charge is 2.26. The van der Waals surface area contributed by atoms with Crippen LogP contribution in [-0.2, 0) is 10.2 Å². The minimum atomic E-state index is -3.27. The van der Waals surface area contributed by atoms with Crippen LogP contribution in [0, 0.1) is 0 Å². The number of rotatable bonds is 3. The molecule has 1 atom stereocenters. The summed E-state index contributed by atoms with van der Waals surface area (Å²) in [5.74, 6) is 0. The van der Waals surface area contributed by atoms with Crippen LogP contribution in [0.15, 0.2) is 0 Å². The Labute approximate surface area is 98.2 Å². The minimum Gasteiger partial charge on any atom is -0.312 e. The summed E-state index contributed by atoms with van der Waals surface area (Å²) in [5.41, 5.74) is 0. The minimum absolute atomic E-state index is 0. The number of nitrogens with one attached hydrogen (secondary N) is 2. The standard InChI is InChI=1S/C8H19N3O2S.ClH/c1-7(2)10-14(12,13)11-5-4-9-8(3)6-11;/h7-10H,4-6H2,1-3H3;1H/t8-;/m1./s1. The normalized spacial score (nSPS) is 23.9. The Morgan fingerprint density at radius 3 is 2.53 bits per heavy atom. The van der Waals surface area contributed by atoms with E-state index in [-0.39, 0.29) is 24.5 Å². The van der Waals surface area contributed by atoms with Gasteiger partial charge in [-0.3, -0.25) is 0 Å². The monoisotopic (exact) mass is 257 g/mol. The van der Waals surface area contributed by atoms with Gasteiger partial charge in [-0.25, -0.2) is 0 Å². The lowest BCUT2D eigenvalue weighted by Gasteiger charge is -2.31. The molecule has 0 aromatic carbocycles. The highest BCUT2D eigenvalue weighted by atomic mass is 35.5. The Morgan fingerprint density at radius 1 is 1.47 bits per heavy atom. The van der Waals surface area contributed by atoms with E-state index >= 15 is 0 Å². The fourth-order valence-corrected chi connectivity index (χ4v) is 2.98. The summed E-state index contributed by atoms with van der Waals surface area (Å²) >= 11 is 0. The fourth-order valence-electron chi connectivity index (χ4n) is 1.49. The third-order valence-electron chi connectivity index (χ3n) is 2.06. The Morgan fingerprint density at radius 2 is 2.07 bits per heavy atom. The fraction of sp³-hybridized carbons (Fsp3) is 1.00. The molecule has 1 rings (SSSR count). The third-order valence-corrected chi connectivity index (χ3v) is 3.84. The van der Waals surface area contributed by atoms with Crippen molar-refractivity contribution in [2.45, 2.75) is 32.9 Å². The molecular weight excluding hydrogens is 238 g/mol. The van der Waals surface area contributed by atoms with Crippen molar-refractivity contribution in [3.63, 3.8) is 0 Å². The van der Waals surface area contributed by atoms with Crippen molar-refractivity contribution in [1.82, 2.24) is 14.3 Å². The zero-order chi connectivity index (χ0) is 10.8. The second kappa shape index (κ2) is 6.00. The Balaban J connectivity index is 0.00000196. The Kier molecular flexibility index (Phi) is 6.05. The van der Waals surface area contributed by atoms with Gasteiger partial charge in [0, 0.05) is 31.7 Å². The van der Waals surface area contributed by atoms with Gasteiger partial charge in [0.15, 0.2) is 0 Å². The second-order valence-electron chi connectivity index (χ2n) is 3.99. The number of hydrogen-bond acceptors (Lipinski definition) is 3. The molecule has 7 heteroatoms. The van der Waals surface area contributed by atoms with Crippen molar-refractivity contribution in [2.24, 2.45) is 0 Å². The van der Waals surface area contributed by atoms with Crippen molar-refractivity contribution in [1.29, 1.82) is 0 Å². The quantitative estimate of drug-likeness (QED) is 0.745. The topological polar surface area (TPSA) is 61.4 Å². The summed E-state index contributed by atoms with van der Waals surface area (Å²) in [7, 11) is -3.27. The molecule has 1 aliphatic rings. The lowest BCUT2D eigenvalue weighted by Crippen LogP contribution is -2.55. The predicted molar refractivity (Wildman–Crippen MR) is 63.5 cm³/mol. The summed E-state index contributed by atoms with van der Waals surface area (Å²) in [6.45, 7) is 7.44. The molecule has 0 aromatic rings. The van der Waals surface area contributed by atoms with E-state index in [0.717, 1.165) is 6.54 Å². The van der Waals surface area contributed by atoms with Gasteiger partial charge in [-0.05, 0) is 20.8 Å². The summed E-state index contributed by atoms with van der Waals surface area (Å²) in [4.78, 5) is 0. The summed E-state index contributed by atoms with van der Waals surface area (Å²) in [5, 5.41) is 3.20. The van der Waals surface area contributed by atoms with Gasteiger partial charge < -0.3 is 5.32 Å². The largest absolute Gasteiger partial charge is 0.312 e. The molecule has 5 nitrogen and oxygen atoms in total. The molecule has 1 fully saturated rings. The van der Waals surface area contributed by atoms with Crippen molar-refractivity contribution in [3.8, 4) is 0 Å². The first-order chi connectivity index (χ1) is 6.42. The lowest BCUT2D eigenvalue weighted by atomic mass is 10.3. The van der Waals surface area contributed by atoms with E-state index in [2.05, 4.69) is 10.0 Å². The van der Waals surface area contributed by atoms with Crippen molar-refractivity contribution in [2.75, 3.05) is 19.6 Å². The molecule has 2 N–H and O–H groups in total. The van der Waals surface area contributed by atoms with E-state index in [4.69, 9.17) is 0 Å². The average molecular weight is 258 g/mol. The maximum atomic E-state index is 11.7. The van der Waals surface area contributed by atoms with Gasteiger partial charge in [-0.15, -0.1) is 12.4 Å². The SMILES string of the molecule is CC(C)NS(=O)(=O)N1CCN[C@H](C)C1.Cl. The molecule has 0 bridgehead atoms. The van der Waals surface area contributed by atoms with Gasteiger partial charge in [-0.2, -0.15) is 17.4 Å². The van der Waals surface area contributed by atoms with Crippen molar-refractivity contribution < 1.29 is 8.42 Å². The molecule has 1 aliphatic heterocycles. The van der Waals surface area contributed by atoms with Gasteiger partial charge in [0.05, 0.1) is 0 Å². The molecule has 92 valence electrons. The molecule has 0 spiro atoms. The van der Waals surface area contributed by atoms with Gasteiger partial charge in [-0.1, -0.05) is 0 Å². The first-order valence-corrected chi connectivity index (χ1v) is 6.36. The molecule has 0 amide bonds. The molecule has 0 unspecified atom stereocenters. The predicted octanol–water partition coefficient (Wildman–Crippen LogP) is -0.0553. The molecule has 1 saturated heterocycles. The van der Waals surface area contributed by atoms with Crippen LogP contribution >= 0.6 is 12.4 Å². The Hall–Kier alpha value is 0.120. The summed E-state index contributed by atoms with van der Waals surface area (Å²) in [6, 6.07) is 0.178. The van der Waals surface area contributed by atoms with Crippen molar-refractivity contribution >= 4 is 22.6 Å². The zero-order valence-corrected chi connectivity index (χ0v) is 11.0. The number of nitrogens with zero attached hydrogens (tertiary/aromatic N) is 1. The molecule has 0 aromatic heterocycles. The van der Waals surface area contributed by atoms with Gasteiger partial charge in [0.25, 0.3) is 10.2 Å². The van der Waals surface area contributed by atoms with Crippen LogP contribution in [0.3, 0.4) is 0 Å². The first kappa shape index (κ1) is 15.1. The summed E-state index contributed by atoms with van der Waals surface area (Å²) in [6.07, 6.45) is 0. The van der Waals surface area contributed by atoms with Crippen LogP contribution in [0.1, 0.15) is 20.8 Å². The van der Waals surface area contributed by atoms with E-state index in [1.54, 1.807) is 0 Å². The molecule has 15 heavy (non-hydrogen) atoms. The van der Waals surface area contributed by atoms with Crippen LogP contribution in [0.4, 0.5) is 0 Å². The van der Waals surface area contributed by atoms with Gasteiger partial charge in [0.1, 0.15) is 0 Å². The Bertz CT molecular complexity index is 282. The number of halogens is 1. The number of piperazine rings is 1. The van der Waals surface area contributed by atoms with Gasteiger partial charge in [0.2, 0.25) is 0 Å². The number of hydrogen-bond donors (Lipinski definition) is 2. The second-order valence-corrected chi connectivity index (χ2v) is 5.69. The van der Waals surface area contributed by atoms with Crippen LogP contribution in [0.5, 0.6) is 0 Å². The van der Waals surface area contributed by atoms with E-state index in [0.29, 0.717) is 13.1 Å². The van der Waals surface area contributed by atoms with Crippen LogP contribution in [0.25, 0.3) is 0 Å². The van der Waals surface area contributed by atoms with Crippen LogP contribution < -0.4 is 10.0 Å². The maximum Gasteiger partial charge on any atom is 0.279 e. The zero-order valence-electron chi connectivity index (χ0n) is 9.36. The highest BCUT2D eigenvalue weighted by molar-refractivity contribution is 7.87. The molecule has 0 radical (unpaired) electrons. The van der Waals surface area contributed by atoms with Crippen LogP contribution in [-0.4, -0.2) is 44.4 Å². The van der Waals surface area contributed by atoms with Crippen LogP contribution in [0.2, 0.25) is 0 Å². The third kappa shape index (κ3) is 4.65. The average Bonchev–Trinajstić information content (AvgIpc) is 2.01. The van der Waals surface area contributed by atoms with E-state index in [1.165, 1.54) is 4.31 Å². The van der Waals surface area contributed by atoms with Crippen molar-refractivity contribution in [3.05, 3.63) is 0 Å². The molecule has 1 heterocycles. The first-order valence-electron chi connectivity index (χ1n) is 4.92. The highest BCUT2D eigenvalue weighted by Crippen LogP contribution is 2.04. The summed E-state index contributed by atoms with van der Waals surface area (Å²) < 4.78 is 27.5.